The van der Waals surface area contributed by atoms with Crippen LogP contribution in [0, 0.1) is 0 Å². The molecule has 32 heavy (non-hydrogen) atoms. The molecule has 1 aromatic carbocycles. The van der Waals surface area contributed by atoms with Crippen molar-refractivity contribution in [3.05, 3.63) is 82.5 Å². The van der Waals surface area contributed by atoms with Crippen LogP contribution in [0.2, 0.25) is 0 Å². The molecule has 0 aliphatic rings. The average molecular weight is 458 g/mol. The van der Waals surface area contributed by atoms with E-state index in [1.165, 1.54) is 22.6 Å². The van der Waals surface area contributed by atoms with Crippen LogP contribution in [0.4, 0.5) is 0 Å². The Morgan fingerprint density at radius 1 is 1.06 bits per heavy atom. The first-order valence-corrected chi connectivity index (χ1v) is 11.8. The first kappa shape index (κ1) is 23.4. The molecule has 0 saturated carbocycles. The molecule has 3 rings (SSSR count). The van der Waals surface area contributed by atoms with E-state index in [0.717, 1.165) is 15.7 Å². The van der Waals surface area contributed by atoms with Crippen molar-refractivity contribution in [1.82, 2.24) is 24.0 Å². The van der Waals surface area contributed by atoms with Gasteiger partial charge >= 0.3 is 0 Å². The minimum atomic E-state index is -3.72. The van der Waals surface area contributed by atoms with E-state index < -0.39 is 15.6 Å². The fourth-order valence-corrected chi connectivity index (χ4v) is 4.73. The number of amides is 1. The zero-order chi connectivity index (χ0) is 23.1. The highest BCUT2D eigenvalue weighted by Crippen LogP contribution is 2.13. The van der Waals surface area contributed by atoms with Gasteiger partial charge in [-0.2, -0.15) is 9.40 Å². The molecule has 3 aromatic rings. The van der Waals surface area contributed by atoms with E-state index >= 15 is 0 Å². The predicted octanol–water partition coefficient (Wildman–Crippen LogP) is 1.44. The first-order valence-electron chi connectivity index (χ1n) is 10.4. The van der Waals surface area contributed by atoms with Crippen LogP contribution >= 0.6 is 0 Å². The van der Waals surface area contributed by atoms with Gasteiger partial charge in [0.2, 0.25) is 15.9 Å². The van der Waals surface area contributed by atoms with Crippen LogP contribution in [0.25, 0.3) is 0 Å². The van der Waals surface area contributed by atoms with Crippen LogP contribution < -0.4 is 10.9 Å². The summed E-state index contributed by atoms with van der Waals surface area (Å²) in [6.45, 7) is 4.82. The molecule has 0 aliphatic carbocycles. The number of carbonyl (C=O) groups is 1. The molecule has 0 bridgehead atoms. The number of pyridine rings is 1. The fraction of sp³-hybridized carbons (Fsp3) is 0.318. The number of nitrogens with zero attached hydrogens (tertiary/aromatic N) is 4. The topological polar surface area (TPSA) is 106 Å². The Morgan fingerprint density at radius 2 is 1.75 bits per heavy atom. The average Bonchev–Trinajstić information content (AvgIpc) is 3.28. The van der Waals surface area contributed by atoms with Gasteiger partial charge in [0.15, 0.2) is 0 Å². The Bertz CT molecular complexity index is 1200. The summed E-state index contributed by atoms with van der Waals surface area (Å²) in [7, 11) is -3.72. The summed E-state index contributed by atoms with van der Waals surface area (Å²) < 4.78 is 29.6. The van der Waals surface area contributed by atoms with Crippen molar-refractivity contribution in [1.29, 1.82) is 0 Å². The predicted molar refractivity (Wildman–Crippen MR) is 120 cm³/mol. The van der Waals surface area contributed by atoms with Crippen LogP contribution in [0.15, 0.2) is 70.7 Å². The highest BCUT2D eigenvalue weighted by molar-refractivity contribution is 7.89. The van der Waals surface area contributed by atoms with Crippen LogP contribution in [-0.2, 0) is 34.5 Å². The normalized spacial score (nSPS) is 11.6. The van der Waals surface area contributed by atoms with E-state index in [0.29, 0.717) is 26.2 Å². The van der Waals surface area contributed by atoms with E-state index in [1.54, 1.807) is 20.0 Å². The first-order chi connectivity index (χ1) is 15.3. The van der Waals surface area contributed by atoms with Crippen LogP contribution in [-0.4, -0.2) is 46.1 Å². The van der Waals surface area contributed by atoms with E-state index in [4.69, 9.17) is 0 Å². The van der Waals surface area contributed by atoms with Gasteiger partial charge in [0.1, 0.15) is 6.54 Å². The third-order valence-electron chi connectivity index (χ3n) is 5.03. The summed E-state index contributed by atoms with van der Waals surface area (Å²) in [4.78, 5) is 24.5. The van der Waals surface area contributed by atoms with Crippen molar-refractivity contribution < 1.29 is 13.2 Å². The number of rotatable bonds is 10. The molecule has 9 nitrogen and oxygen atoms in total. The molecule has 170 valence electrons. The van der Waals surface area contributed by atoms with Crippen molar-refractivity contribution >= 4 is 15.9 Å². The molecule has 0 saturated heterocycles. The second-order valence-electron chi connectivity index (χ2n) is 7.22. The summed E-state index contributed by atoms with van der Waals surface area (Å²) in [5.74, 6) is -0.384. The maximum Gasteiger partial charge on any atom is 0.251 e. The van der Waals surface area contributed by atoms with Gasteiger partial charge < -0.3 is 9.88 Å². The smallest absolute Gasteiger partial charge is 0.251 e. The molecular formula is C22H27N5O4S. The third-order valence-corrected chi connectivity index (χ3v) is 7.06. The number of carbonyl (C=O) groups excluding carboxylic acids is 1. The summed E-state index contributed by atoms with van der Waals surface area (Å²) in [6, 6.07) is 12.1. The number of benzene rings is 1. The number of hydrogen-bond acceptors (Lipinski definition) is 5. The lowest BCUT2D eigenvalue weighted by Crippen LogP contribution is -2.34. The fourth-order valence-electron chi connectivity index (χ4n) is 3.25. The monoisotopic (exact) mass is 457 g/mol. The number of aromatic nitrogens is 3. The minimum Gasteiger partial charge on any atom is -0.350 e. The number of sulfonamides is 1. The van der Waals surface area contributed by atoms with Crippen LogP contribution in [0.1, 0.15) is 25.0 Å². The third kappa shape index (κ3) is 5.71. The van der Waals surface area contributed by atoms with E-state index in [1.807, 2.05) is 41.2 Å². The summed E-state index contributed by atoms with van der Waals surface area (Å²) >= 11 is 0. The van der Waals surface area contributed by atoms with E-state index in [9.17, 15) is 18.0 Å². The molecule has 0 aliphatic heterocycles. The maximum absolute atomic E-state index is 12.7. The van der Waals surface area contributed by atoms with Gasteiger partial charge in [0, 0.05) is 44.3 Å². The molecule has 1 amide bonds. The Morgan fingerprint density at radius 3 is 2.38 bits per heavy atom. The molecule has 0 fully saturated rings. The van der Waals surface area contributed by atoms with Crippen molar-refractivity contribution in [2.75, 3.05) is 13.1 Å². The minimum absolute atomic E-state index is 0.0126. The van der Waals surface area contributed by atoms with E-state index in [2.05, 4.69) is 10.4 Å². The summed E-state index contributed by atoms with van der Waals surface area (Å²) in [6.07, 6.45) is 4.84. The van der Waals surface area contributed by atoms with Gasteiger partial charge in [-0.15, -0.1) is 0 Å². The standard InChI is InChI=1S/C22H27N5O4S/c1-3-27(4-2)32(30,31)20-10-11-22(29)25(16-20)17-21(28)23-14-18-6-8-19(9-7-18)15-26-13-5-12-24-26/h5-13,16H,3-4,14-15,17H2,1-2H3,(H,23,28). The summed E-state index contributed by atoms with van der Waals surface area (Å²) in [5.41, 5.74) is 1.55. The van der Waals surface area contributed by atoms with Crippen LogP contribution in [0.3, 0.4) is 0 Å². The van der Waals surface area contributed by atoms with Gasteiger partial charge in [-0.3, -0.25) is 14.3 Å². The zero-order valence-corrected chi connectivity index (χ0v) is 19.0. The van der Waals surface area contributed by atoms with Crippen molar-refractivity contribution in [3.8, 4) is 0 Å². The van der Waals surface area contributed by atoms with Gasteiger partial charge in [0.25, 0.3) is 5.56 Å². The molecule has 0 atom stereocenters. The Balaban J connectivity index is 1.62. The lowest BCUT2D eigenvalue weighted by molar-refractivity contribution is -0.121. The van der Waals surface area contributed by atoms with Gasteiger partial charge in [-0.05, 0) is 23.3 Å². The zero-order valence-electron chi connectivity index (χ0n) is 18.1. The molecule has 0 spiro atoms. The molecule has 2 aromatic heterocycles. The molecule has 0 unspecified atom stereocenters. The molecular weight excluding hydrogens is 430 g/mol. The van der Waals surface area contributed by atoms with Crippen molar-refractivity contribution in [2.45, 2.75) is 38.4 Å². The quantitative estimate of drug-likeness (QED) is 0.496. The SMILES string of the molecule is CCN(CC)S(=O)(=O)c1ccc(=O)n(CC(=O)NCc2ccc(Cn3cccn3)cc2)c1. The second kappa shape index (κ2) is 10.4. The Kier molecular flexibility index (Phi) is 7.60. The largest absolute Gasteiger partial charge is 0.350 e. The Labute approximate surface area is 187 Å². The highest BCUT2D eigenvalue weighted by atomic mass is 32.2. The van der Waals surface area contributed by atoms with Crippen molar-refractivity contribution in [2.24, 2.45) is 0 Å². The van der Waals surface area contributed by atoms with Gasteiger partial charge in [-0.1, -0.05) is 38.1 Å². The highest BCUT2D eigenvalue weighted by Gasteiger charge is 2.22. The van der Waals surface area contributed by atoms with Crippen LogP contribution in [0.5, 0.6) is 0 Å². The molecule has 10 heteroatoms. The van der Waals surface area contributed by atoms with Gasteiger partial charge in [-0.25, -0.2) is 8.42 Å². The lowest BCUT2D eigenvalue weighted by atomic mass is 10.1. The van der Waals surface area contributed by atoms with Gasteiger partial charge in [0.05, 0.1) is 11.4 Å². The number of nitrogens with one attached hydrogen (secondary N) is 1. The van der Waals surface area contributed by atoms with Crippen molar-refractivity contribution in [3.63, 3.8) is 0 Å². The summed E-state index contributed by atoms with van der Waals surface area (Å²) in [5, 5.41) is 6.94. The number of hydrogen-bond donors (Lipinski definition) is 1. The second-order valence-corrected chi connectivity index (χ2v) is 9.16. The Hall–Kier alpha value is -3.24. The lowest BCUT2D eigenvalue weighted by Gasteiger charge is -2.19. The van der Waals surface area contributed by atoms with E-state index in [-0.39, 0.29) is 17.3 Å². The molecule has 0 radical (unpaired) electrons. The molecule has 2 heterocycles. The molecule has 1 N–H and O–H groups in total. The maximum atomic E-state index is 12.7.